The Labute approximate surface area is 119 Å². The van der Waals surface area contributed by atoms with Crippen LogP contribution in [0, 0.1) is 0 Å². The molecule has 6 nitrogen and oxygen atoms in total. The minimum Gasteiger partial charge on any atom is -0.477 e. The normalized spacial score (nSPS) is 10.1. The molecule has 21 heavy (non-hydrogen) atoms. The van der Waals surface area contributed by atoms with E-state index in [9.17, 15) is 19.5 Å². The van der Waals surface area contributed by atoms with Crippen molar-refractivity contribution in [1.82, 2.24) is 0 Å². The Bertz CT molecular complexity index is 709. The van der Waals surface area contributed by atoms with E-state index in [0.29, 0.717) is 5.56 Å². The van der Waals surface area contributed by atoms with Gasteiger partial charge in [-0.25, -0.2) is 9.59 Å². The Balaban J connectivity index is 2.41. The minimum absolute atomic E-state index is 0.243. The summed E-state index contributed by atoms with van der Waals surface area (Å²) >= 11 is 0. The van der Waals surface area contributed by atoms with Crippen molar-refractivity contribution in [2.45, 2.75) is 6.54 Å². The van der Waals surface area contributed by atoms with Crippen molar-refractivity contribution in [2.24, 2.45) is 0 Å². The monoisotopic (exact) mass is 286 g/mol. The predicted molar refractivity (Wildman–Crippen MR) is 71.3 cm³/mol. The third kappa shape index (κ3) is 3.11. The molecule has 0 aliphatic rings. The summed E-state index contributed by atoms with van der Waals surface area (Å²) in [5.74, 6) is -3.05. The van der Waals surface area contributed by atoms with Crippen molar-refractivity contribution >= 4 is 17.7 Å². The number of aromatic nitrogens is 1. The van der Waals surface area contributed by atoms with Crippen LogP contribution in [0.4, 0.5) is 0 Å². The van der Waals surface area contributed by atoms with E-state index in [4.69, 9.17) is 5.11 Å². The number of hydrogen-bond acceptors (Lipinski definition) is 3. The van der Waals surface area contributed by atoms with Crippen LogP contribution in [0.3, 0.4) is 0 Å². The lowest BCUT2D eigenvalue weighted by atomic mass is 10.1. The van der Waals surface area contributed by atoms with Gasteiger partial charge < -0.3 is 10.2 Å². The minimum atomic E-state index is -1.39. The van der Waals surface area contributed by atoms with Crippen molar-refractivity contribution < 1.29 is 29.2 Å². The maximum absolute atomic E-state index is 12.1. The molecule has 1 heterocycles. The predicted octanol–water partition coefficient (Wildman–Crippen LogP) is 1.25. The van der Waals surface area contributed by atoms with Gasteiger partial charge in [0.25, 0.3) is 0 Å². The Morgan fingerprint density at radius 1 is 0.905 bits per heavy atom. The first-order chi connectivity index (χ1) is 10.0. The summed E-state index contributed by atoms with van der Waals surface area (Å²) in [7, 11) is 0. The number of hydrogen-bond donors (Lipinski definition) is 2. The van der Waals surface area contributed by atoms with Gasteiger partial charge in [-0.15, -0.1) is 0 Å². The number of benzene rings is 1. The number of carbonyl (C=O) groups is 3. The molecule has 0 aliphatic heterocycles. The first-order valence-electron chi connectivity index (χ1n) is 6.08. The van der Waals surface area contributed by atoms with Crippen LogP contribution in [0.1, 0.15) is 31.2 Å². The number of aromatic carboxylic acids is 2. The molecule has 1 aromatic carbocycles. The van der Waals surface area contributed by atoms with Crippen LogP contribution in [0.2, 0.25) is 0 Å². The molecule has 0 aliphatic carbocycles. The molecule has 0 unspecified atom stereocenters. The molecule has 2 aromatic rings. The van der Waals surface area contributed by atoms with Crippen molar-refractivity contribution in [3.63, 3.8) is 0 Å². The molecular weight excluding hydrogens is 274 g/mol. The summed E-state index contributed by atoms with van der Waals surface area (Å²) < 4.78 is 1.13. The van der Waals surface area contributed by atoms with Gasteiger partial charge in [0.05, 0.1) is 0 Å². The highest BCUT2D eigenvalue weighted by atomic mass is 16.4. The zero-order valence-corrected chi connectivity index (χ0v) is 10.9. The molecule has 2 rings (SSSR count). The van der Waals surface area contributed by atoms with Crippen LogP contribution in [-0.4, -0.2) is 27.9 Å². The second-order valence-corrected chi connectivity index (χ2v) is 4.30. The van der Waals surface area contributed by atoms with Crippen LogP contribution in [0.15, 0.2) is 48.7 Å². The van der Waals surface area contributed by atoms with E-state index in [-0.39, 0.29) is 17.9 Å². The van der Waals surface area contributed by atoms with E-state index < -0.39 is 17.6 Å². The topological polar surface area (TPSA) is 95.5 Å². The molecule has 0 radical (unpaired) electrons. The maximum Gasteiger partial charge on any atom is 0.402 e. The quantitative estimate of drug-likeness (QED) is 0.637. The second kappa shape index (κ2) is 5.96. The fraction of sp³-hybridized carbons (Fsp3) is 0.0667. The van der Waals surface area contributed by atoms with Gasteiger partial charge in [0.15, 0.2) is 6.20 Å². The van der Waals surface area contributed by atoms with Gasteiger partial charge in [-0.05, 0) is 6.07 Å². The Hall–Kier alpha value is -3.02. The van der Waals surface area contributed by atoms with Gasteiger partial charge in [0, 0.05) is 11.6 Å². The van der Waals surface area contributed by atoms with Crippen molar-refractivity contribution in [3.8, 4) is 0 Å². The summed E-state index contributed by atoms with van der Waals surface area (Å²) in [4.78, 5) is 34.5. The fourth-order valence-corrected chi connectivity index (χ4v) is 1.96. The number of nitrogens with zero attached hydrogens (tertiary/aromatic N) is 1. The van der Waals surface area contributed by atoms with Crippen molar-refractivity contribution in [3.05, 3.63) is 65.5 Å². The second-order valence-electron chi connectivity index (χ2n) is 4.30. The Kier molecular flexibility index (Phi) is 4.08. The zero-order chi connectivity index (χ0) is 15.4. The largest absolute Gasteiger partial charge is 0.477 e. The van der Waals surface area contributed by atoms with Crippen LogP contribution in [-0.2, 0) is 6.54 Å². The van der Waals surface area contributed by atoms with Gasteiger partial charge in [-0.1, -0.05) is 30.3 Å². The lowest BCUT2D eigenvalue weighted by molar-refractivity contribution is -0.685. The maximum atomic E-state index is 12.1. The van der Waals surface area contributed by atoms with E-state index >= 15 is 0 Å². The number of carboxylic acid groups (broad SMARTS) is 2. The molecule has 2 N–H and O–H groups in total. The lowest BCUT2D eigenvalue weighted by Gasteiger charge is -2.03. The highest BCUT2D eigenvalue weighted by molar-refractivity contribution is 5.99. The number of carbonyl (C=O) groups excluding carboxylic acids is 1. The molecule has 0 atom stereocenters. The highest BCUT2D eigenvalue weighted by Crippen LogP contribution is 2.06. The standard InChI is InChI=1S/C15H11NO5/c17-12(10-5-2-1-3-6-10)9-16-8-4-7-11(14(18)19)13(16)15(20)21/h1-8H,9H2,(H-,18,19,20,21)/p+1. The summed E-state index contributed by atoms with van der Waals surface area (Å²) in [6, 6.07) is 11.0. The van der Waals surface area contributed by atoms with Crippen LogP contribution in [0.5, 0.6) is 0 Å². The molecule has 0 fully saturated rings. The molecule has 106 valence electrons. The zero-order valence-electron chi connectivity index (χ0n) is 10.9. The van der Waals surface area contributed by atoms with Gasteiger partial charge in [0.2, 0.25) is 12.3 Å². The average Bonchev–Trinajstić information content (AvgIpc) is 2.47. The van der Waals surface area contributed by atoms with Crippen molar-refractivity contribution in [1.29, 1.82) is 0 Å². The molecule has 0 bridgehead atoms. The third-order valence-corrected chi connectivity index (χ3v) is 2.91. The van der Waals surface area contributed by atoms with Gasteiger partial charge in [-0.3, -0.25) is 4.79 Å². The first kappa shape index (κ1) is 14.4. The molecule has 6 heteroatoms. The fourth-order valence-electron chi connectivity index (χ4n) is 1.96. The van der Waals surface area contributed by atoms with Crippen LogP contribution >= 0.6 is 0 Å². The number of Topliss-reactive ketones (excluding diaryl/α,β-unsaturated/α-hetero) is 1. The third-order valence-electron chi connectivity index (χ3n) is 2.91. The molecular formula is C15H12NO5+. The molecule has 0 spiro atoms. The number of pyridine rings is 1. The SMILES string of the molecule is O=C(C[n+]1cccc(C(=O)O)c1C(=O)O)c1ccccc1. The smallest absolute Gasteiger partial charge is 0.402 e. The average molecular weight is 286 g/mol. The van der Waals surface area contributed by atoms with Crippen LogP contribution in [0.25, 0.3) is 0 Å². The summed E-state index contributed by atoms with van der Waals surface area (Å²) in [6.45, 7) is -0.243. The summed E-state index contributed by atoms with van der Waals surface area (Å²) in [6.07, 6.45) is 1.37. The lowest BCUT2D eigenvalue weighted by Crippen LogP contribution is -2.45. The van der Waals surface area contributed by atoms with E-state index in [0.717, 1.165) is 4.57 Å². The summed E-state index contributed by atoms with van der Waals surface area (Å²) in [5.41, 5.74) is -0.345. The van der Waals surface area contributed by atoms with E-state index in [1.807, 2.05) is 0 Å². The molecule has 0 amide bonds. The summed E-state index contributed by atoms with van der Waals surface area (Å²) in [5, 5.41) is 18.2. The first-order valence-corrected chi connectivity index (χ1v) is 6.08. The van der Waals surface area contributed by atoms with Gasteiger partial charge in [0.1, 0.15) is 5.56 Å². The van der Waals surface area contributed by atoms with Gasteiger partial charge in [-0.2, -0.15) is 4.57 Å². The molecule has 0 saturated heterocycles. The number of rotatable bonds is 5. The number of carboxylic acids is 2. The molecule has 0 saturated carbocycles. The highest BCUT2D eigenvalue weighted by Gasteiger charge is 2.28. The van der Waals surface area contributed by atoms with Crippen molar-refractivity contribution in [2.75, 3.05) is 0 Å². The number of ketones is 1. The molecule has 1 aromatic heterocycles. The van der Waals surface area contributed by atoms with E-state index in [1.165, 1.54) is 18.3 Å². The van der Waals surface area contributed by atoms with Gasteiger partial charge >= 0.3 is 17.6 Å². The van der Waals surface area contributed by atoms with E-state index in [2.05, 4.69) is 0 Å². The Morgan fingerprint density at radius 2 is 1.57 bits per heavy atom. The van der Waals surface area contributed by atoms with Crippen LogP contribution < -0.4 is 4.57 Å². The Morgan fingerprint density at radius 3 is 2.14 bits per heavy atom. The van der Waals surface area contributed by atoms with E-state index in [1.54, 1.807) is 30.3 Å².